The van der Waals surface area contributed by atoms with E-state index in [2.05, 4.69) is 15.6 Å². The highest BCUT2D eigenvalue weighted by atomic mass is 19.1. The van der Waals surface area contributed by atoms with E-state index in [0.717, 1.165) is 12.0 Å². The highest BCUT2D eigenvalue weighted by molar-refractivity contribution is 5.84. The second-order valence-electron chi connectivity index (χ2n) is 4.86. The van der Waals surface area contributed by atoms with Gasteiger partial charge in [-0.3, -0.25) is 4.68 Å². The van der Waals surface area contributed by atoms with Crippen LogP contribution in [0, 0.1) is 5.82 Å². The summed E-state index contributed by atoms with van der Waals surface area (Å²) in [6.45, 7) is 3.21. The van der Waals surface area contributed by atoms with Crippen LogP contribution in [0.4, 0.5) is 4.39 Å². The third kappa shape index (κ3) is 4.64. The number of rotatable bonds is 7. The van der Waals surface area contributed by atoms with Crippen molar-refractivity contribution in [3.8, 4) is 0 Å². The van der Waals surface area contributed by atoms with E-state index in [0.29, 0.717) is 13.1 Å². The predicted octanol–water partition coefficient (Wildman–Crippen LogP) is 1.34. The quantitative estimate of drug-likeness (QED) is 0.805. The maximum absolute atomic E-state index is 12.8. The van der Waals surface area contributed by atoms with E-state index in [1.165, 1.54) is 23.0 Å². The third-order valence-electron chi connectivity index (χ3n) is 3.05. The number of carbonyl (C=O) groups is 1. The Labute approximate surface area is 121 Å². The molecule has 0 amide bonds. The molecule has 0 saturated carbocycles. The van der Waals surface area contributed by atoms with Crippen LogP contribution < -0.4 is 5.32 Å². The highest BCUT2D eigenvalue weighted by Crippen LogP contribution is 2.05. The molecular weight excluding hydrogens is 275 g/mol. The molecule has 1 unspecified atom stereocenters. The van der Waals surface area contributed by atoms with Crippen LogP contribution in [-0.4, -0.2) is 38.7 Å². The zero-order chi connectivity index (χ0) is 15.2. The zero-order valence-electron chi connectivity index (χ0n) is 11.7. The van der Waals surface area contributed by atoms with Crippen molar-refractivity contribution in [1.29, 1.82) is 0 Å². The zero-order valence-corrected chi connectivity index (χ0v) is 11.7. The Hall–Kier alpha value is -2.28. The molecule has 2 N–H and O–H groups in total. The average molecular weight is 292 g/mol. The molecule has 0 saturated heterocycles. The molecule has 0 spiro atoms. The van der Waals surface area contributed by atoms with Crippen molar-refractivity contribution >= 4 is 5.97 Å². The van der Waals surface area contributed by atoms with Crippen molar-refractivity contribution < 1.29 is 14.3 Å². The van der Waals surface area contributed by atoms with Crippen LogP contribution in [0.15, 0.2) is 30.5 Å². The molecule has 0 radical (unpaired) electrons. The number of carboxylic acids is 1. The lowest BCUT2D eigenvalue weighted by molar-refractivity contribution is 0.0690. The molecule has 1 aromatic carbocycles. The number of nitrogens with zero attached hydrogens (tertiary/aromatic N) is 3. The van der Waals surface area contributed by atoms with Crippen molar-refractivity contribution in [2.75, 3.05) is 6.54 Å². The van der Waals surface area contributed by atoms with Gasteiger partial charge in [0.2, 0.25) is 0 Å². The second-order valence-corrected chi connectivity index (χ2v) is 4.86. The summed E-state index contributed by atoms with van der Waals surface area (Å²) in [5.41, 5.74) is 1.000. The first-order valence-electron chi connectivity index (χ1n) is 6.66. The van der Waals surface area contributed by atoms with Gasteiger partial charge in [0.25, 0.3) is 0 Å². The van der Waals surface area contributed by atoms with E-state index in [4.69, 9.17) is 5.11 Å². The molecule has 21 heavy (non-hydrogen) atoms. The first-order valence-corrected chi connectivity index (χ1v) is 6.66. The lowest BCUT2D eigenvalue weighted by atomic mass is 10.1. The topological polar surface area (TPSA) is 80.0 Å². The van der Waals surface area contributed by atoms with Gasteiger partial charge in [-0.15, -0.1) is 5.10 Å². The minimum Gasteiger partial charge on any atom is -0.476 e. The second kappa shape index (κ2) is 6.94. The molecule has 112 valence electrons. The lowest BCUT2D eigenvalue weighted by Gasteiger charge is -2.13. The van der Waals surface area contributed by atoms with E-state index < -0.39 is 5.97 Å². The third-order valence-corrected chi connectivity index (χ3v) is 3.05. The van der Waals surface area contributed by atoms with Crippen LogP contribution in [0.3, 0.4) is 0 Å². The molecule has 0 aliphatic rings. The highest BCUT2D eigenvalue weighted by Gasteiger charge is 2.08. The summed E-state index contributed by atoms with van der Waals surface area (Å²) in [6, 6.07) is 6.65. The number of halogens is 1. The molecular formula is C14H17FN4O2. The van der Waals surface area contributed by atoms with Gasteiger partial charge in [-0.05, 0) is 31.0 Å². The Morgan fingerprint density at radius 3 is 2.76 bits per heavy atom. The summed E-state index contributed by atoms with van der Waals surface area (Å²) in [6.07, 6.45) is 2.19. The summed E-state index contributed by atoms with van der Waals surface area (Å²) < 4.78 is 14.3. The first kappa shape index (κ1) is 15.1. The van der Waals surface area contributed by atoms with Gasteiger partial charge >= 0.3 is 5.97 Å². The number of hydrogen-bond acceptors (Lipinski definition) is 4. The predicted molar refractivity (Wildman–Crippen MR) is 74.6 cm³/mol. The van der Waals surface area contributed by atoms with Crippen LogP contribution in [0.1, 0.15) is 23.0 Å². The Morgan fingerprint density at radius 2 is 2.14 bits per heavy atom. The van der Waals surface area contributed by atoms with E-state index in [-0.39, 0.29) is 17.6 Å². The van der Waals surface area contributed by atoms with Crippen molar-refractivity contribution in [3.63, 3.8) is 0 Å². The van der Waals surface area contributed by atoms with Gasteiger partial charge in [0.15, 0.2) is 5.69 Å². The first-order chi connectivity index (χ1) is 10.0. The van der Waals surface area contributed by atoms with Gasteiger partial charge in [-0.25, -0.2) is 9.18 Å². The fraction of sp³-hybridized carbons (Fsp3) is 0.357. The summed E-state index contributed by atoms with van der Waals surface area (Å²) >= 11 is 0. The minimum absolute atomic E-state index is 0.0608. The Bertz CT molecular complexity index is 597. The van der Waals surface area contributed by atoms with E-state index >= 15 is 0 Å². The Morgan fingerprint density at radius 1 is 1.43 bits per heavy atom. The van der Waals surface area contributed by atoms with Crippen LogP contribution in [0.5, 0.6) is 0 Å². The largest absolute Gasteiger partial charge is 0.476 e. The Kier molecular flexibility index (Phi) is 4.99. The standard InChI is InChI=1S/C14H17FN4O2/c1-10(8-11-2-4-12(15)5-3-11)16-6-7-19-9-13(14(20)21)17-18-19/h2-5,9-10,16H,6-8H2,1H3,(H,20,21). The molecule has 2 rings (SSSR count). The fourth-order valence-electron chi connectivity index (χ4n) is 1.98. The number of benzene rings is 1. The van der Waals surface area contributed by atoms with Crippen LogP contribution in [0.2, 0.25) is 0 Å². The number of aromatic carboxylic acids is 1. The van der Waals surface area contributed by atoms with Gasteiger partial charge in [0.1, 0.15) is 5.82 Å². The van der Waals surface area contributed by atoms with Crippen molar-refractivity contribution in [2.24, 2.45) is 0 Å². The normalized spacial score (nSPS) is 12.3. The Balaban J connectivity index is 1.74. The van der Waals surface area contributed by atoms with Gasteiger partial charge < -0.3 is 10.4 Å². The van der Waals surface area contributed by atoms with Gasteiger partial charge in [0, 0.05) is 12.6 Å². The lowest BCUT2D eigenvalue weighted by Crippen LogP contribution is -2.31. The van der Waals surface area contributed by atoms with Crippen LogP contribution in [0.25, 0.3) is 0 Å². The van der Waals surface area contributed by atoms with E-state index in [9.17, 15) is 9.18 Å². The van der Waals surface area contributed by atoms with Crippen molar-refractivity contribution in [1.82, 2.24) is 20.3 Å². The maximum atomic E-state index is 12.8. The van der Waals surface area contributed by atoms with E-state index in [1.807, 2.05) is 6.92 Å². The number of carboxylic acid groups (broad SMARTS) is 1. The van der Waals surface area contributed by atoms with Crippen LogP contribution >= 0.6 is 0 Å². The number of aromatic nitrogens is 3. The van der Waals surface area contributed by atoms with Crippen molar-refractivity contribution in [3.05, 3.63) is 47.5 Å². The smallest absolute Gasteiger partial charge is 0.358 e. The molecule has 1 heterocycles. The molecule has 6 nitrogen and oxygen atoms in total. The maximum Gasteiger partial charge on any atom is 0.358 e. The van der Waals surface area contributed by atoms with Gasteiger partial charge in [0.05, 0.1) is 12.7 Å². The molecule has 2 aromatic rings. The molecule has 0 aliphatic heterocycles. The van der Waals surface area contributed by atoms with E-state index in [1.54, 1.807) is 12.1 Å². The number of nitrogens with one attached hydrogen (secondary N) is 1. The summed E-state index contributed by atoms with van der Waals surface area (Å²) in [5.74, 6) is -1.32. The molecule has 0 aliphatic carbocycles. The molecule has 7 heteroatoms. The monoisotopic (exact) mass is 292 g/mol. The summed E-state index contributed by atoms with van der Waals surface area (Å²) in [5, 5.41) is 19.3. The molecule has 0 bridgehead atoms. The molecule has 0 fully saturated rings. The molecule has 1 atom stereocenters. The number of hydrogen-bond donors (Lipinski definition) is 2. The minimum atomic E-state index is -1.08. The summed E-state index contributed by atoms with van der Waals surface area (Å²) in [4.78, 5) is 10.7. The van der Waals surface area contributed by atoms with Crippen LogP contribution in [-0.2, 0) is 13.0 Å². The van der Waals surface area contributed by atoms with Gasteiger partial charge in [-0.2, -0.15) is 0 Å². The summed E-state index contributed by atoms with van der Waals surface area (Å²) in [7, 11) is 0. The van der Waals surface area contributed by atoms with Crippen molar-refractivity contribution in [2.45, 2.75) is 25.9 Å². The van der Waals surface area contributed by atoms with Gasteiger partial charge in [-0.1, -0.05) is 17.3 Å². The SMILES string of the molecule is CC(Cc1ccc(F)cc1)NCCn1cc(C(=O)O)nn1. The average Bonchev–Trinajstić information content (AvgIpc) is 2.90. The molecule has 1 aromatic heterocycles. The fourth-order valence-corrected chi connectivity index (χ4v) is 1.98.